The van der Waals surface area contributed by atoms with E-state index in [9.17, 15) is 0 Å². The average Bonchev–Trinajstić information content (AvgIpc) is 2.49. The lowest BCUT2D eigenvalue weighted by Gasteiger charge is -2.19. The number of benzene rings is 1. The van der Waals surface area contributed by atoms with Crippen LogP contribution in [0.2, 0.25) is 0 Å². The van der Waals surface area contributed by atoms with Crippen LogP contribution in [0.25, 0.3) is 11.3 Å². The second kappa shape index (κ2) is 5.15. The van der Waals surface area contributed by atoms with Crippen LogP contribution in [0, 0.1) is 0 Å². The van der Waals surface area contributed by atoms with Crippen molar-refractivity contribution in [1.82, 2.24) is 10.3 Å². The first-order valence-corrected chi connectivity index (χ1v) is 6.33. The van der Waals surface area contributed by atoms with E-state index in [0.717, 1.165) is 18.7 Å². The topological polar surface area (TPSA) is 24.9 Å². The quantitative estimate of drug-likeness (QED) is 0.809. The van der Waals surface area contributed by atoms with Crippen LogP contribution < -0.4 is 5.32 Å². The fourth-order valence-corrected chi connectivity index (χ4v) is 2.25. The highest BCUT2D eigenvalue weighted by Gasteiger charge is 2.11. The lowest BCUT2D eigenvalue weighted by molar-refractivity contribution is 0.553. The van der Waals surface area contributed by atoms with Gasteiger partial charge in [-0.25, -0.2) is 0 Å². The van der Waals surface area contributed by atoms with Crippen LogP contribution >= 0.6 is 0 Å². The number of rotatable bonds is 2. The molecule has 1 N–H and O–H groups in total. The van der Waals surface area contributed by atoms with E-state index in [1.807, 2.05) is 24.4 Å². The summed E-state index contributed by atoms with van der Waals surface area (Å²) in [6.07, 6.45) is 7.43. The molecule has 0 spiro atoms. The zero-order chi connectivity index (χ0) is 12.2. The number of hydrogen-bond acceptors (Lipinski definition) is 2. The molecular weight excluding hydrogens is 220 g/mol. The predicted molar refractivity (Wildman–Crippen MR) is 74.2 cm³/mol. The molecule has 1 unspecified atom stereocenters. The number of nitrogens with zero attached hydrogens (tertiary/aromatic N) is 1. The van der Waals surface area contributed by atoms with E-state index in [1.54, 1.807) is 0 Å². The number of pyridine rings is 1. The van der Waals surface area contributed by atoms with Crippen LogP contribution in [0.15, 0.2) is 60.8 Å². The second-order valence-electron chi connectivity index (χ2n) is 4.51. The Morgan fingerprint density at radius 2 is 1.89 bits per heavy atom. The van der Waals surface area contributed by atoms with Crippen LogP contribution in [-0.4, -0.2) is 11.5 Å². The van der Waals surface area contributed by atoms with E-state index in [1.165, 1.54) is 11.1 Å². The maximum Gasteiger partial charge on any atom is 0.0702 e. The van der Waals surface area contributed by atoms with Crippen molar-refractivity contribution in [1.29, 1.82) is 0 Å². The van der Waals surface area contributed by atoms with Crippen molar-refractivity contribution in [3.05, 3.63) is 66.4 Å². The Kier molecular flexibility index (Phi) is 3.20. The summed E-state index contributed by atoms with van der Waals surface area (Å²) >= 11 is 0. The van der Waals surface area contributed by atoms with Crippen LogP contribution in [0.5, 0.6) is 0 Å². The third-order valence-corrected chi connectivity index (χ3v) is 3.28. The van der Waals surface area contributed by atoms with Gasteiger partial charge in [-0.1, -0.05) is 48.6 Å². The molecule has 1 aliphatic heterocycles. The largest absolute Gasteiger partial charge is 0.306 e. The van der Waals surface area contributed by atoms with Crippen molar-refractivity contribution in [2.24, 2.45) is 0 Å². The molecule has 1 atom stereocenters. The molecule has 0 saturated heterocycles. The summed E-state index contributed by atoms with van der Waals surface area (Å²) in [5, 5.41) is 3.47. The highest BCUT2D eigenvalue weighted by Crippen LogP contribution is 2.22. The van der Waals surface area contributed by atoms with Crippen molar-refractivity contribution in [2.75, 3.05) is 6.54 Å². The summed E-state index contributed by atoms with van der Waals surface area (Å²) < 4.78 is 0. The van der Waals surface area contributed by atoms with Gasteiger partial charge in [-0.3, -0.25) is 4.98 Å². The molecule has 2 heterocycles. The highest BCUT2D eigenvalue weighted by molar-refractivity contribution is 5.58. The maximum absolute atomic E-state index is 4.56. The van der Waals surface area contributed by atoms with Gasteiger partial charge in [0.05, 0.1) is 5.69 Å². The average molecular weight is 236 g/mol. The summed E-state index contributed by atoms with van der Waals surface area (Å²) in [6.45, 7) is 0.950. The standard InChI is InChI=1S/C16H16N2/c1-2-6-13(7-3-1)16-10-9-14(12-18-16)15-8-4-5-11-17-15/h1-7,9-10,12,15,17H,8,11H2. The predicted octanol–water partition coefficient (Wildman–Crippen LogP) is 3.34. The van der Waals surface area contributed by atoms with Crippen LogP contribution in [0.4, 0.5) is 0 Å². The van der Waals surface area contributed by atoms with E-state index in [-0.39, 0.29) is 0 Å². The molecular formula is C16H16N2. The van der Waals surface area contributed by atoms with Crippen LogP contribution in [0.1, 0.15) is 18.0 Å². The first-order valence-electron chi connectivity index (χ1n) is 6.33. The number of aromatic nitrogens is 1. The summed E-state index contributed by atoms with van der Waals surface area (Å²) in [7, 11) is 0. The van der Waals surface area contributed by atoms with Gasteiger partial charge in [-0.2, -0.15) is 0 Å². The van der Waals surface area contributed by atoms with Gasteiger partial charge in [0.1, 0.15) is 0 Å². The second-order valence-corrected chi connectivity index (χ2v) is 4.51. The zero-order valence-corrected chi connectivity index (χ0v) is 10.2. The molecule has 2 aromatic rings. The summed E-state index contributed by atoms with van der Waals surface area (Å²) in [5.41, 5.74) is 3.46. The molecule has 0 fully saturated rings. The van der Waals surface area contributed by atoms with Gasteiger partial charge in [0.2, 0.25) is 0 Å². The number of nitrogens with one attached hydrogen (secondary N) is 1. The van der Waals surface area contributed by atoms with Gasteiger partial charge in [0, 0.05) is 24.3 Å². The Bertz CT molecular complexity index is 529. The minimum absolute atomic E-state index is 0.410. The van der Waals surface area contributed by atoms with E-state index in [4.69, 9.17) is 0 Å². The molecule has 2 nitrogen and oxygen atoms in total. The smallest absolute Gasteiger partial charge is 0.0702 e. The maximum atomic E-state index is 4.56. The van der Waals surface area contributed by atoms with Gasteiger partial charge in [0.25, 0.3) is 0 Å². The molecule has 0 bridgehead atoms. The van der Waals surface area contributed by atoms with Crippen LogP contribution in [-0.2, 0) is 0 Å². The Morgan fingerprint density at radius 1 is 1.00 bits per heavy atom. The third-order valence-electron chi connectivity index (χ3n) is 3.28. The van der Waals surface area contributed by atoms with E-state index in [2.05, 4.69) is 46.7 Å². The summed E-state index contributed by atoms with van der Waals surface area (Å²) in [4.78, 5) is 4.56. The third kappa shape index (κ3) is 2.34. The molecule has 1 aromatic heterocycles. The molecule has 2 heteroatoms. The molecule has 0 radical (unpaired) electrons. The van der Waals surface area contributed by atoms with Gasteiger partial charge < -0.3 is 5.32 Å². The van der Waals surface area contributed by atoms with Crippen molar-refractivity contribution < 1.29 is 0 Å². The molecule has 3 rings (SSSR count). The first-order chi connectivity index (χ1) is 8.93. The Morgan fingerprint density at radius 3 is 2.56 bits per heavy atom. The van der Waals surface area contributed by atoms with Crippen molar-refractivity contribution >= 4 is 0 Å². The molecule has 0 aliphatic carbocycles. The highest BCUT2D eigenvalue weighted by atomic mass is 14.9. The van der Waals surface area contributed by atoms with Crippen LogP contribution in [0.3, 0.4) is 0 Å². The Balaban J connectivity index is 1.83. The number of hydrogen-bond donors (Lipinski definition) is 1. The molecule has 18 heavy (non-hydrogen) atoms. The minimum Gasteiger partial charge on any atom is -0.306 e. The molecule has 0 saturated carbocycles. The van der Waals surface area contributed by atoms with Crippen molar-refractivity contribution in [3.63, 3.8) is 0 Å². The van der Waals surface area contributed by atoms with E-state index >= 15 is 0 Å². The van der Waals surface area contributed by atoms with E-state index in [0.29, 0.717) is 6.04 Å². The fraction of sp³-hybridized carbons (Fsp3) is 0.188. The van der Waals surface area contributed by atoms with Gasteiger partial charge >= 0.3 is 0 Å². The van der Waals surface area contributed by atoms with E-state index < -0.39 is 0 Å². The minimum atomic E-state index is 0.410. The fourth-order valence-electron chi connectivity index (χ4n) is 2.25. The Hall–Kier alpha value is -1.93. The summed E-state index contributed by atoms with van der Waals surface area (Å²) in [6, 6.07) is 15.0. The van der Waals surface area contributed by atoms with Crippen molar-refractivity contribution in [2.45, 2.75) is 12.5 Å². The Labute approximate surface area is 107 Å². The van der Waals surface area contributed by atoms with Gasteiger partial charge in [0.15, 0.2) is 0 Å². The summed E-state index contributed by atoms with van der Waals surface area (Å²) in [5.74, 6) is 0. The SMILES string of the molecule is C1=CCC(c2ccc(-c3ccccc3)nc2)NC1. The lowest BCUT2D eigenvalue weighted by atomic mass is 10.0. The molecule has 1 aromatic carbocycles. The van der Waals surface area contributed by atoms with Crippen molar-refractivity contribution in [3.8, 4) is 11.3 Å². The molecule has 0 amide bonds. The van der Waals surface area contributed by atoms with Gasteiger partial charge in [-0.15, -0.1) is 0 Å². The molecule has 1 aliphatic rings. The zero-order valence-electron chi connectivity index (χ0n) is 10.2. The lowest BCUT2D eigenvalue weighted by Crippen LogP contribution is -2.23. The molecule has 90 valence electrons. The van der Waals surface area contributed by atoms with Gasteiger partial charge in [-0.05, 0) is 18.1 Å². The monoisotopic (exact) mass is 236 g/mol. The first kappa shape index (κ1) is 11.2. The normalized spacial score (nSPS) is 18.8.